The number of fused-ring (bicyclic) bond motifs is 5. The summed E-state index contributed by atoms with van der Waals surface area (Å²) >= 11 is 1.54. The molecule has 2 unspecified atom stereocenters. The molecule has 4 aliphatic rings. The van der Waals surface area contributed by atoms with Gasteiger partial charge in [-0.1, -0.05) is 19.9 Å². The molecule has 0 saturated heterocycles. The van der Waals surface area contributed by atoms with Crippen LogP contribution >= 0.6 is 11.3 Å². The van der Waals surface area contributed by atoms with Crippen LogP contribution in [0.15, 0.2) is 23.6 Å². The average Bonchev–Trinajstić information content (AvgIpc) is 3.57. The van der Waals surface area contributed by atoms with Crippen LogP contribution in [0.4, 0.5) is 5.13 Å². The fourth-order valence-electron chi connectivity index (χ4n) is 9.06. The van der Waals surface area contributed by atoms with E-state index < -0.39 is 0 Å². The minimum Gasteiger partial charge on any atom is -0.338 e. The summed E-state index contributed by atoms with van der Waals surface area (Å²) < 4.78 is 1.80. The van der Waals surface area contributed by atoms with E-state index in [1.54, 1.807) is 4.68 Å². The number of aromatic nitrogens is 3. The van der Waals surface area contributed by atoms with Crippen molar-refractivity contribution in [2.24, 2.45) is 28.6 Å². The molecule has 1 aliphatic heterocycles. The third-order valence-electron chi connectivity index (χ3n) is 10.9. The number of hydrogen-bond acceptors (Lipinski definition) is 5. The zero-order valence-corrected chi connectivity index (χ0v) is 25.3. The maximum Gasteiger partial charge on any atom is 0.275 e. The molecule has 6 rings (SSSR count). The van der Waals surface area contributed by atoms with Crippen molar-refractivity contribution in [2.75, 3.05) is 12.4 Å². The van der Waals surface area contributed by atoms with Crippen molar-refractivity contribution in [1.29, 1.82) is 0 Å². The topological polar surface area (TPSA) is 80.1 Å². The second kappa shape index (κ2) is 9.02. The minimum atomic E-state index is -0.282. The van der Waals surface area contributed by atoms with Gasteiger partial charge in [-0.05, 0) is 102 Å². The lowest BCUT2D eigenvalue weighted by Gasteiger charge is -2.60. The van der Waals surface area contributed by atoms with Crippen LogP contribution in [0, 0.1) is 35.5 Å². The molecule has 2 aromatic rings. The molecule has 7 nitrogen and oxygen atoms in total. The largest absolute Gasteiger partial charge is 0.338 e. The van der Waals surface area contributed by atoms with Gasteiger partial charge >= 0.3 is 0 Å². The highest BCUT2D eigenvalue weighted by atomic mass is 32.1. The standard InChI is InChI=1S/C31H43N5O2S/c1-18-16-24(36(34-18)29(2,3)4)27(38)33-28-32-23(17-39-28)22-10-9-20-19-8-11-25-31(6,15-13-26(37)35(25)7)21(19)12-14-30(20,22)5/h13,15-17,19-22,25H,8-12,14H2,1-7H3,(H,32,33,38)/t19-,20-,21+,22?,25?,30-,31+/m0/s1. The van der Waals surface area contributed by atoms with Crippen molar-refractivity contribution in [3.63, 3.8) is 0 Å². The van der Waals surface area contributed by atoms with Crippen molar-refractivity contribution < 1.29 is 9.59 Å². The first-order valence-electron chi connectivity index (χ1n) is 14.6. The molecule has 7 atom stereocenters. The molecular formula is C31H43N5O2S. The van der Waals surface area contributed by atoms with E-state index in [1.807, 2.05) is 31.0 Å². The van der Waals surface area contributed by atoms with Crippen molar-refractivity contribution in [2.45, 2.75) is 97.6 Å². The lowest BCUT2D eigenvalue weighted by molar-refractivity contribution is -0.138. The number of carbonyl (C=O) groups is 2. The van der Waals surface area contributed by atoms with Crippen molar-refractivity contribution in [1.82, 2.24) is 19.7 Å². The summed E-state index contributed by atoms with van der Waals surface area (Å²) in [5.41, 5.74) is 2.55. The van der Waals surface area contributed by atoms with Gasteiger partial charge in [-0.3, -0.25) is 19.6 Å². The van der Waals surface area contributed by atoms with E-state index in [4.69, 9.17) is 4.98 Å². The average molecular weight is 550 g/mol. The lowest BCUT2D eigenvalue weighted by atomic mass is 9.47. The van der Waals surface area contributed by atoms with Gasteiger partial charge in [0.15, 0.2) is 5.13 Å². The Bertz CT molecular complexity index is 1340. The van der Waals surface area contributed by atoms with Crippen molar-refractivity contribution in [3.05, 3.63) is 40.7 Å². The van der Waals surface area contributed by atoms with Gasteiger partial charge in [0.25, 0.3) is 5.91 Å². The number of hydrogen-bond donors (Lipinski definition) is 1. The lowest BCUT2D eigenvalue weighted by Crippen LogP contribution is -2.59. The van der Waals surface area contributed by atoms with Gasteiger partial charge < -0.3 is 4.90 Å². The molecule has 210 valence electrons. The van der Waals surface area contributed by atoms with Crippen LogP contribution in [0.1, 0.15) is 101 Å². The zero-order chi connectivity index (χ0) is 27.9. The number of carbonyl (C=O) groups excluding carboxylic acids is 2. The summed E-state index contributed by atoms with van der Waals surface area (Å²) in [4.78, 5) is 32.6. The molecule has 0 aromatic carbocycles. The van der Waals surface area contributed by atoms with Crippen LogP contribution in [0.3, 0.4) is 0 Å². The number of rotatable bonds is 3. The molecule has 3 aliphatic carbocycles. The maximum absolute atomic E-state index is 13.2. The molecule has 0 radical (unpaired) electrons. The first-order valence-corrected chi connectivity index (χ1v) is 15.5. The van der Waals surface area contributed by atoms with Crippen LogP contribution in [-0.2, 0) is 10.3 Å². The van der Waals surface area contributed by atoms with E-state index >= 15 is 0 Å². The number of nitrogens with zero attached hydrogens (tertiary/aromatic N) is 4. The third kappa shape index (κ3) is 4.11. The van der Waals surface area contributed by atoms with Crippen molar-refractivity contribution in [3.8, 4) is 0 Å². The van der Waals surface area contributed by atoms with Gasteiger partial charge in [0.1, 0.15) is 5.69 Å². The normalized spacial score (nSPS) is 35.9. The quantitative estimate of drug-likeness (QED) is 0.482. The van der Waals surface area contributed by atoms with Crippen LogP contribution in [-0.4, -0.2) is 44.6 Å². The zero-order valence-electron chi connectivity index (χ0n) is 24.5. The molecule has 1 N–H and O–H groups in total. The van der Waals surface area contributed by atoms with E-state index in [-0.39, 0.29) is 28.2 Å². The highest BCUT2D eigenvalue weighted by molar-refractivity contribution is 7.14. The van der Waals surface area contributed by atoms with Gasteiger partial charge in [-0.25, -0.2) is 4.98 Å². The molecule has 0 spiro atoms. The molecule has 2 amide bonds. The van der Waals surface area contributed by atoms with Crippen LogP contribution < -0.4 is 5.32 Å². The van der Waals surface area contributed by atoms with Gasteiger partial charge in [-0.15, -0.1) is 11.3 Å². The third-order valence-corrected chi connectivity index (χ3v) is 11.7. The Kier molecular flexibility index (Phi) is 6.18. The van der Waals surface area contributed by atoms with E-state index in [1.165, 1.54) is 37.0 Å². The second-order valence-corrected chi connectivity index (χ2v) is 14.9. The summed E-state index contributed by atoms with van der Waals surface area (Å²) in [7, 11) is 1.99. The molecule has 3 fully saturated rings. The number of aryl methyl sites for hydroxylation is 1. The molecule has 2 aromatic heterocycles. The van der Waals surface area contributed by atoms with Crippen molar-refractivity contribution >= 4 is 28.3 Å². The second-order valence-electron chi connectivity index (χ2n) is 14.1. The summed E-state index contributed by atoms with van der Waals surface area (Å²) in [6.07, 6.45) is 11.2. The molecule has 0 bridgehead atoms. The predicted octanol–water partition coefficient (Wildman–Crippen LogP) is 6.38. The predicted molar refractivity (Wildman–Crippen MR) is 155 cm³/mol. The number of thiazole rings is 1. The summed E-state index contributed by atoms with van der Waals surface area (Å²) in [6, 6.07) is 2.17. The Balaban J connectivity index is 1.20. The van der Waals surface area contributed by atoms with Gasteiger partial charge in [0.05, 0.1) is 16.9 Å². The van der Waals surface area contributed by atoms with Gasteiger partial charge in [-0.2, -0.15) is 5.10 Å². The fraction of sp³-hybridized carbons (Fsp3) is 0.677. The Labute approximate surface area is 236 Å². The first kappa shape index (κ1) is 26.7. The maximum atomic E-state index is 13.2. The van der Waals surface area contributed by atoms with Crippen LogP contribution in [0.25, 0.3) is 0 Å². The SMILES string of the molecule is Cc1cc(C(=O)Nc2nc(C3CC[C@H]4[C@@H]5CCC6N(C)C(=O)C=C[C@]6(C)[C@@H]5CC[C@]34C)cs2)n(C(C)(C)C)n1. The van der Waals surface area contributed by atoms with E-state index in [2.05, 4.69) is 56.5 Å². The monoisotopic (exact) mass is 549 g/mol. The molecular weight excluding hydrogens is 506 g/mol. The van der Waals surface area contributed by atoms with E-state index in [0.717, 1.165) is 24.2 Å². The summed E-state index contributed by atoms with van der Waals surface area (Å²) in [5, 5.41) is 10.5. The summed E-state index contributed by atoms with van der Waals surface area (Å²) in [5.74, 6) is 2.42. The Hall–Kier alpha value is -2.48. The molecule has 8 heteroatoms. The van der Waals surface area contributed by atoms with Crippen LogP contribution in [0.2, 0.25) is 0 Å². The Morgan fingerprint density at radius 2 is 1.90 bits per heavy atom. The number of likely N-dealkylation sites (N-methyl/N-ethyl adjacent to an activating group) is 1. The fourth-order valence-corrected chi connectivity index (χ4v) is 9.82. The van der Waals surface area contributed by atoms with E-state index in [9.17, 15) is 9.59 Å². The van der Waals surface area contributed by atoms with Gasteiger partial charge in [0, 0.05) is 29.8 Å². The number of nitrogens with one attached hydrogen (secondary N) is 1. The number of amides is 2. The Morgan fingerprint density at radius 1 is 1.13 bits per heavy atom. The number of anilines is 1. The first-order chi connectivity index (χ1) is 18.3. The summed E-state index contributed by atoms with van der Waals surface area (Å²) in [6.45, 7) is 13.0. The smallest absolute Gasteiger partial charge is 0.275 e. The van der Waals surface area contributed by atoms with E-state index in [0.29, 0.717) is 40.5 Å². The molecule has 3 saturated carbocycles. The highest BCUT2D eigenvalue weighted by Crippen LogP contribution is 2.67. The Morgan fingerprint density at radius 3 is 2.64 bits per heavy atom. The molecule has 3 heterocycles. The minimum absolute atomic E-state index is 0.0704. The van der Waals surface area contributed by atoms with Gasteiger partial charge in [0.2, 0.25) is 5.91 Å². The van der Waals surface area contributed by atoms with Crippen LogP contribution in [0.5, 0.6) is 0 Å². The molecule has 39 heavy (non-hydrogen) atoms. The highest BCUT2D eigenvalue weighted by Gasteiger charge is 2.60.